The van der Waals surface area contributed by atoms with E-state index >= 15 is 0 Å². The highest BCUT2D eigenvalue weighted by atomic mass is 16.5. The lowest BCUT2D eigenvalue weighted by atomic mass is 9.90. The van der Waals surface area contributed by atoms with Crippen molar-refractivity contribution in [3.05, 3.63) is 29.8 Å². The van der Waals surface area contributed by atoms with Crippen LogP contribution in [-0.2, 0) is 4.74 Å². The van der Waals surface area contributed by atoms with Gasteiger partial charge in [0.05, 0.1) is 18.2 Å². The van der Waals surface area contributed by atoms with Crippen molar-refractivity contribution in [1.82, 2.24) is 0 Å². The second kappa shape index (κ2) is 7.81. The zero-order chi connectivity index (χ0) is 13.3. The van der Waals surface area contributed by atoms with Gasteiger partial charge in [0.15, 0.2) is 0 Å². The number of benzene rings is 1. The average molecular weight is 259 g/mol. The first-order valence-corrected chi connectivity index (χ1v) is 7.09. The minimum atomic E-state index is 0.543. The second-order valence-corrected chi connectivity index (χ2v) is 5.07. The molecule has 0 amide bonds. The van der Waals surface area contributed by atoms with Crippen LogP contribution in [0.5, 0.6) is 5.75 Å². The fraction of sp³-hybridized carbons (Fsp3) is 0.562. The van der Waals surface area contributed by atoms with Gasteiger partial charge in [-0.05, 0) is 37.0 Å². The van der Waals surface area contributed by atoms with Crippen molar-refractivity contribution in [2.24, 2.45) is 5.92 Å². The highest BCUT2D eigenvalue weighted by Crippen LogP contribution is 2.23. The molecular weight excluding hydrogens is 238 g/mol. The minimum absolute atomic E-state index is 0.543. The summed E-state index contributed by atoms with van der Waals surface area (Å²) in [4.78, 5) is 0. The fourth-order valence-corrected chi connectivity index (χ4v) is 2.48. The lowest BCUT2D eigenvalue weighted by Crippen LogP contribution is -2.16. The Morgan fingerprint density at radius 3 is 2.79 bits per heavy atom. The van der Waals surface area contributed by atoms with Crippen LogP contribution in [0.1, 0.15) is 37.7 Å². The van der Waals surface area contributed by atoms with E-state index in [0.717, 1.165) is 18.3 Å². The molecule has 3 nitrogen and oxygen atoms in total. The molecule has 0 spiro atoms. The summed E-state index contributed by atoms with van der Waals surface area (Å²) in [5.74, 6) is 1.48. The molecule has 1 fully saturated rings. The standard InChI is InChI=1S/C16H21NO2/c17-12-15-7-4-8-16(11-15)19-10-9-18-13-14-5-2-1-3-6-14/h4,7-8,11,14H,1-3,5-6,9-10,13H2. The topological polar surface area (TPSA) is 42.2 Å². The molecule has 0 N–H and O–H groups in total. The number of rotatable bonds is 6. The van der Waals surface area contributed by atoms with Gasteiger partial charge in [0.2, 0.25) is 0 Å². The van der Waals surface area contributed by atoms with Crippen molar-refractivity contribution in [3.8, 4) is 11.8 Å². The molecule has 0 heterocycles. The Morgan fingerprint density at radius 1 is 1.16 bits per heavy atom. The number of nitriles is 1. The normalized spacial score (nSPS) is 15.9. The largest absolute Gasteiger partial charge is 0.491 e. The maximum Gasteiger partial charge on any atom is 0.120 e. The maximum absolute atomic E-state index is 8.79. The quantitative estimate of drug-likeness (QED) is 0.734. The van der Waals surface area contributed by atoms with E-state index in [2.05, 4.69) is 6.07 Å². The van der Waals surface area contributed by atoms with E-state index in [0.29, 0.717) is 18.8 Å². The van der Waals surface area contributed by atoms with E-state index in [1.54, 1.807) is 12.1 Å². The number of nitrogens with zero attached hydrogens (tertiary/aromatic N) is 1. The van der Waals surface area contributed by atoms with Crippen LogP contribution < -0.4 is 4.74 Å². The molecule has 102 valence electrons. The van der Waals surface area contributed by atoms with E-state index in [1.165, 1.54) is 32.1 Å². The molecule has 0 saturated heterocycles. The first-order valence-electron chi connectivity index (χ1n) is 7.09. The summed E-state index contributed by atoms with van der Waals surface area (Å²) in [6, 6.07) is 9.32. The SMILES string of the molecule is N#Cc1cccc(OCCOCC2CCCCC2)c1. The monoisotopic (exact) mass is 259 g/mol. The van der Waals surface area contributed by atoms with Gasteiger partial charge in [0.1, 0.15) is 12.4 Å². The predicted octanol–water partition coefficient (Wildman–Crippen LogP) is 3.53. The van der Waals surface area contributed by atoms with Gasteiger partial charge in [-0.25, -0.2) is 0 Å². The van der Waals surface area contributed by atoms with Gasteiger partial charge in [0.25, 0.3) is 0 Å². The predicted molar refractivity (Wildman–Crippen MR) is 74.0 cm³/mol. The Balaban J connectivity index is 1.59. The van der Waals surface area contributed by atoms with Crippen LogP contribution in [0.3, 0.4) is 0 Å². The summed E-state index contributed by atoms with van der Waals surface area (Å²) in [5, 5.41) is 8.79. The first kappa shape index (κ1) is 13.9. The highest BCUT2D eigenvalue weighted by Gasteiger charge is 2.12. The van der Waals surface area contributed by atoms with Gasteiger partial charge < -0.3 is 9.47 Å². The Kier molecular flexibility index (Phi) is 5.71. The summed E-state index contributed by atoms with van der Waals surface area (Å²) in [6.07, 6.45) is 6.71. The zero-order valence-electron chi connectivity index (χ0n) is 11.3. The van der Waals surface area contributed by atoms with Crippen LogP contribution in [0.2, 0.25) is 0 Å². The van der Waals surface area contributed by atoms with Crippen molar-refractivity contribution >= 4 is 0 Å². The molecule has 1 aliphatic rings. The Morgan fingerprint density at radius 2 is 2.00 bits per heavy atom. The summed E-state index contributed by atoms with van der Waals surface area (Å²) >= 11 is 0. The smallest absolute Gasteiger partial charge is 0.120 e. The molecule has 0 aliphatic heterocycles. The molecule has 3 heteroatoms. The van der Waals surface area contributed by atoms with E-state index in [9.17, 15) is 0 Å². The van der Waals surface area contributed by atoms with Crippen molar-refractivity contribution in [3.63, 3.8) is 0 Å². The van der Waals surface area contributed by atoms with Gasteiger partial charge >= 0.3 is 0 Å². The number of hydrogen-bond donors (Lipinski definition) is 0. The molecule has 0 unspecified atom stereocenters. The molecule has 1 aromatic rings. The molecule has 19 heavy (non-hydrogen) atoms. The van der Waals surface area contributed by atoms with Crippen molar-refractivity contribution in [2.75, 3.05) is 19.8 Å². The van der Waals surface area contributed by atoms with Gasteiger partial charge in [-0.2, -0.15) is 5.26 Å². The molecule has 0 bridgehead atoms. The van der Waals surface area contributed by atoms with Gasteiger partial charge in [-0.15, -0.1) is 0 Å². The Labute approximate surface area is 115 Å². The van der Waals surface area contributed by atoms with Crippen LogP contribution in [0.25, 0.3) is 0 Å². The molecular formula is C16H21NO2. The Hall–Kier alpha value is -1.53. The van der Waals surface area contributed by atoms with Crippen LogP contribution in [0.15, 0.2) is 24.3 Å². The summed E-state index contributed by atoms with van der Waals surface area (Å²) in [5.41, 5.74) is 0.626. The first-order chi connectivity index (χ1) is 9.38. The maximum atomic E-state index is 8.79. The lowest BCUT2D eigenvalue weighted by Gasteiger charge is -2.21. The number of ether oxygens (including phenoxy) is 2. The molecule has 0 radical (unpaired) electrons. The van der Waals surface area contributed by atoms with E-state index in [1.807, 2.05) is 12.1 Å². The van der Waals surface area contributed by atoms with Crippen molar-refractivity contribution in [2.45, 2.75) is 32.1 Å². The third-order valence-corrected chi connectivity index (χ3v) is 3.54. The van der Waals surface area contributed by atoms with Crippen molar-refractivity contribution < 1.29 is 9.47 Å². The lowest BCUT2D eigenvalue weighted by molar-refractivity contribution is 0.0635. The van der Waals surface area contributed by atoms with E-state index in [4.69, 9.17) is 14.7 Å². The fourth-order valence-electron chi connectivity index (χ4n) is 2.48. The Bertz CT molecular complexity index is 419. The average Bonchev–Trinajstić information content (AvgIpc) is 2.48. The van der Waals surface area contributed by atoms with Gasteiger partial charge in [-0.1, -0.05) is 25.3 Å². The summed E-state index contributed by atoms with van der Waals surface area (Å²) in [6.45, 7) is 2.02. The zero-order valence-corrected chi connectivity index (χ0v) is 11.3. The molecule has 1 saturated carbocycles. The molecule has 0 atom stereocenters. The van der Waals surface area contributed by atoms with Crippen LogP contribution in [0.4, 0.5) is 0 Å². The molecule has 1 aromatic carbocycles. The van der Waals surface area contributed by atoms with E-state index in [-0.39, 0.29) is 0 Å². The summed E-state index contributed by atoms with van der Waals surface area (Å²) < 4.78 is 11.2. The molecule has 0 aromatic heterocycles. The third kappa shape index (κ3) is 4.92. The van der Waals surface area contributed by atoms with Crippen LogP contribution in [-0.4, -0.2) is 19.8 Å². The van der Waals surface area contributed by atoms with Crippen molar-refractivity contribution in [1.29, 1.82) is 5.26 Å². The molecule has 2 rings (SSSR count). The highest BCUT2D eigenvalue weighted by molar-refractivity contribution is 5.36. The second-order valence-electron chi connectivity index (χ2n) is 5.07. The van der Waals surface area contributed by atoms with Crippen LogP contribution >= 0.6 is 0 Å². The minimum Gasteiger partial charge on any atom is -0.491 e. The summed E-state index contributed by atoms with van der Waals surface area (Å²) in [7, 11) is 0. The number of hydrogen-bond acceptors (Lipinski definition) is 3. The molecule has 1 aliphatic carbocycles. The van der Waals surface area contributed by atoms with Crippen LogP contribution in [0, 0.1) is 17.2 Å². The van der Waals surface area contributed by atoms with Gasteiger partial charge in [0, 0.05) is 6.61 Å². The third-order valence-electron chi connectivity index (χ3n) is 3.54. The van der Waals surface area contributed by atoms with E-state index < -0.39 is 0 Å². The van der Waals surface area contributed by atoms with Gasteiger partial charge in [-0.3, -0.25) is 0 Å².